The van der Waals surface area contributed by atoms with Gasteiger partial charge in [-0.1, -0.05) is 6.07 Å². The number of nitro groups is 1. The van der Waals surface area contributed by atoms with Crippen molar-refractivity contribution >= 4 is 5.69 Å². The van der Waals surface area contributed by atoms with Crippen LogP contribution < -0.4 is 4.74 Å². The summed E-state index contributed by atoms with van der Waals surface area (Å²) in [5.74, 6) is 0.909. The third kappa shape index (κ3) is 4.45. The van der Waals surface area contributed by atoms with Crippen molar-refractivity contribution in [2.45, 2.75) is 45.6 Å². The van der Waals surface area contributed by atoms with Crippen LogP contribution in [0.3, 0.4) is 0 Å². The minimum atomic E-state index is -0.548. The lowest BCUT2D eigenvalue weighted by atomic mass is 9.91. The normalized spacial score (nSPS) is 16.6. The molecule has 1 aromatic carbocycles. The highest BCUT2D eigenvalue weighted by Crippen LogP contribution is 2.29. The predicted molar refractivity (Wildman–Crippen MR) is 92.0 cm³/mol. The molecule has 0 radical (unpaired) electrons. The quantitative estimate of drug-likeness (QED) is 0.606. The molecule has 0 bridgehead atoms. The first-order valence-corrected chi connectivity index (χ1v) is 8.38. The number of ether oxygens (including phenoxy) is 1. The first-order valence-electron chi connectivity index (χ1n) is 8.38. The SMILES string of the molecule is CC(C)(C)N1CCC(CCOc2cccc([N+](=O)[O-])c2C#N)CC1. The van der Waals surface area contributed by atoms with Crippen molar-refractivity contribution in [2.24, 2.45) is 5.92 Å². The Balaban J connectivity index is 1.87. The van der Waals surface area contributed by atoms with Crippen LogP contribution in [0.4, 0.5) is 5.69 Å². The van der Waals surface area contributed by atoms with E-state index in [9.17, 15) is 10.1 Å². The summed E-state index contributed by atoms with van der Waals surface area (Å²) in [6.45, 7) is 9.38. The van der Waals surface area contributed by atoms with Gasteiger partial charge in [-0.2, -0.15) is 5.26 Å². The van der Waals surface area contributed by atoms with Crippen LogP contribution in [-0.2, 0) is 0 Å². The maximum Gasteiger partial charge on any atom is 0.290 e. The molecule has 1 heterocycles. The Labute approximate surface area is 143 Å². The van der Waals surface area contributed by atoms with Gasteiger partial charge in [0.15, 0.2) is 5.56 Å². The standard InChI is InChI=1S/C18H25N3O3/c1-18(2,3)20-10-7-14(8-11-20)9-12-24-17-6-4-5-16(21(22)23)15(17)13-19/h4-6,14H,7-12H2,1-3H3. The second kappa shape index (κ2) is 7.63. The van der Waals surface area contributed by atoms with Crippen LogP contribution in [0.1, 0.15) is 45.6 Å². The van der Waals surface area contributed by atoms with Gasteiger partial charge in [0.25, 0.3) is 5.69 Å². The molecule has 1 aliphatic heterocycles. The van der Waals surface area contributed by atoms with E-state index in [0.29, 0.717) is 18.3 Å². The van der Waals surface area contributed by atoms with Crippen molar-refractivity contribution in [1.82, 2.24) is 4.90 Å². The number of hydrogen-bond acceptors (Lipinski definition) is 5. The number of benzene rings is 1. The number of rotatable bonds is 5. The summed E-state index contributed by atoms with van der Waals surface area (Å²) >= 11 is 0. The highest BCUT2D eigenvalue weighted by atomic mass is 16.6. The second-order valence-corrected chi connectivity index (χ2v) is 7.26. The minimum Gasteiger partial charge on any atom is -0.492 e. The number of hydrogen-bond donors (Lipinski definition) is 0. The Morgan fingerprint density at radius 3 is 2.58 bits per heavy atom. The molecular formula is C18H25N3O3. The highest BCUT2D eigenvalue weighted by Gasteiger charge is 2.27. The molecule has 0 aliphatic carbocycles. The Morgan fingerprint density at radius 1 is 1.38 bits per heavy atom. The van der Waals surface area contributed by atoms with Gasteiger partial charge in [0.1, 0.15) is 11.8 Å². The van der Waals surface area contributed by atoms with Crippen LogP contribution in [0.15, 0.2) is 18.2 Å². The van der Waals surface area contributed by atoms with Crippen molar-refractivity contribution in [1.29, 1.82) is 5.26 Å². The number of nitrogens with zero attached hydrogens (tertiary/aromatic N) is 3. The Hall–Kier alpha value is -2.13. The lowest BCUT2D eigenvalue weighted by Gasteiger charge is -2.40. The van der Waals surface area contributed by atoms with E-state index in [1.165, 1.54) is 6.07 Å². The smallest absolute Gasteiger partial charge is 0.290 e. The molecule has 0 atom stereocenters. The molecule has 1 fully saturated rings. The average Bonchev–Trinajstić information content (AvgIpc) is 2.54. The molecule has 0 aromatic heterocycles. The lowest BCUT2D eigenvalue weighted by molar-refractivity contribution is -0.385. The molecule has 0 spiro atoms. The van der Waals surface area contributed by atoms with E-state index in [-0.39, 0.29) is 16.8 Å². The number of piperidine rings is 1. The molecule has 0 amide bonds. The summed E-state index contributed by atoms with van der Waals surface area (Å²) in [7, 11) is 0. The van der Waals surface area contributed by atoms with Crippen LogP contribution in [0.25, 0.3) is 0 Å². The largest absolute Gasteiger partial charge is 0.492 e. The zero-order chi connectivity index (χ0) is 17.7. The molecule has 1 saturated heterocycles. The second-order valence-electron chi connectivity index (χ2n) is 7.26. The molecule has 1 aromatic rings. The van der Waals surface area contributed by atoms with Gasteiger partial charge in [-0.05, 0) is 65.1 Å². The molecule has 1 aliphatic rings. The molecular weight excluding hydrogens is 306 g/mol. The van der Waals surface area contributed by atoms with E-state index in [4.69, 9.17) is 10.00 Å². The fourth-order valence-corrected chi connectivity index (χ4v) is 3.13. The van der Waals surface area contributed by atoms with Crippen molar-refractivity contribution in [3.05, 3.63) is 33.9 Å². The summed E-state index contributed by atoms with van der Waals surface area (Å²) in [4.78, 5) is 12.9. The topological polar surface area (TPSA) is 79.4 Å². The molecule has 6 heteroatoms. The molecule has 130 valence electrons. The van der Waals surface area contributed by atoms with Gasteiger partial charge in [0.2, 0.25) is 0 Å². The number of nitriles is 1. The number of nitro benzene ring substituents is 1. The monoisotopic (exact) mass is 331 g/mol. The van der Waals surface area contributed by atoms with Gasteiger partial charge in [0, 0.05) is 11.6 Å². The molecule has 24 heavy (non-hydrogen) atoms. The van der Waals surface area contributed by atoms with Gasteiger partial charge in [-0.3, -0.25) is 15.0 Å². The maximum atomic E-state index is 11.0. The zero-order valence-corrected chi connectivity index (χ0v) is 14.6. The van der Waals surface area contributed by atoms with Crippen LogP contribution in [-0.4, -0.2) is 35.1 Å². The summed E-state index contributed by atoms with van der Waals surface area (Å²) in [5, 5.41) is 20.1. The van der Waals surface area contributed by atoms with E-state index in [2.05, 4.69) is 25.7 Å². The van der Waals surface area contributed by atoms with Crippen LogP contribution in [0.2, 0.25) is 0 Å². The van der Waals surface area contributed by atoms with Crippen LogP contribution >= 0.6 is 0 Å². The van der Waals surface area contributed by atoms with Crippen molar-refractivity contribution in [2.75, 3.05) is 19.7 Å². The van der Waals surface area contributed by atoms with Gasteiger partial charge in [-0.25, -0.2) is 0 Å². The van der Waals surface area contributed by atoms with Crippen LogP contribution in [0, 0.1) is 27.4 Å². The minimum absolute atomic E-state index is 0.00468. The first kappa shape index (κ1) is 18.2. The number of likely N-dealkylation sites (tertiary alicyclic amines) is 1. The molecule has 6 nitrogen and oxygen atoms in total. The van der Waals surface area contributed by atoms with Gasteiger partial charge < -0.3 is 4.74 Å². The summed E-state index contributed by atoms with van der Waals surface area (Å²) in [6.07, 6.45) is 3.19. The fourth-order valence-electron chi connectivity index (χ4n) is 3.13. The van der Waals surface area contributed by atoms with Crippen molar-refractivity contribution in [3.8, 4) is 11.8 Å². The van der Waals surface area contributed by atoms with Gasteiger partial charge in [-0.15, -0.1) is 0 Å². The van der Waals surface area contributed by atoms with Crippen molar-refractivity contribution < 1.29 is 9.66 Å². The van der Waals surface area contributed by atoms with Gasteiger partial charge in [0.05, 0.1) is 11.5 Å². The predicted octanol–water partition coefficient (Wildman–Crippen LogP) is 3.75. The molecule has 0 unspecified atom stereocenters. The molecule has 2 rings (SSSR count). The third-order valence-electron chi connectivity index (χ3n) is 4.66. The Morgan fingerprint density at radius 2 is 2.04 bits per heavy atom. The van der Waals surface area contributed by atoms with Crippen molar-refractivity contribution in [3.63, 3.8) is 0 Å². The Kier molecular flexibility index (Phi) is 5.79. The summed E-state index contributed by atoms with van der Waals surface area (Å²) in [5.41, 5.74) is 0.0186. The molecule has 0 saturated carbocycles. The first-order chi connectivity index (χ1) is 11.3. The van der Waals surface area contributed by atoms with E-state index in [1.54, 1.807) is 12.1 Å². The molecule has 0 N–H and O–H groups in total. The van der Waals surface area contributed by atoms with E-state index < -0.39 is 4.92 Å². The van der Waals surface area contributed by atoms with Crippen LogP contribution in [0.5, 0.6) is 5.75 Å². The fraction of sp³-hybridized carbons (Fsp3) is 0.611. The van der Waals surface area contributed by atoms with E-state index in [1.807, 2.05) is 6.07 Å². The Bertz CT molecular complexity index is 623. The summed E-state index contributed by atoms with van der Waals surface area (Å²) in [6, 6.07) is 6.38. The lowest BCUT2D eigenvalue weighted by Crippen LogP contribution is -2.46. The highest BCUT2D eigenvalue weighted by molar-refractivity contribution is 5.56. The summed E-state index contributed by atoms with van der Waals surface area (Å²) < 4.78 is 5.68. The maximum absolute atomic E-state index is 11.0. The average molecular weight is 331 g/mol. The zero-order valence-electron chi connectivity index (χ0n) is 14.6. The van der Waals surface area contributed by atoms with E-state index >= 15 is 0 Å². The van der Waals surface area contributed by atoms with E-state index in [0.717, 1.165) is 32.4 Å². The van der Waals surface area contributed by atoms with Gasteiger partial charge >= 0.3 is 0 Å². The third-order valence-corrected chi connectivity index (χ3v) is 4.66.